The Morgan fingerprint density at radius 3 is 3.10 bits per heavy atom. The summed E-state index contributed by atoms with van der Waals surface area (Å²) in [4.78, 5) is 3.90. The molecule has 4 heteroatoms. The van der Waals surface area contributed by atoms with Gasteiger partial charge in [0, 0.05) is 12.4 Å². The van der Waals surface area contributed by atoms with E-state index in [1.165, 1.54) is 0 Å². The molecule has 0 aliphatic rings. The van der Waals surface area contributed by atoms with E-state index in [0.29, 0.717) is 0 Å². The minimum atomic E-state index is 0.0208. The lowest BCUT2D eigenvalue weighted by atomic mass is 10.9. The standard InChI is InChI=1S/C6H11N3S/c1-2-10-6(7)9-4-3-8-5-9/h3-6H,2,7H2,1H3. The van der Waals surface area contributed by atoms with E-state index in [2.05, 4.69) is 11.9 Å². The van der Waals surface area contributed by atoms with Crippen LogP contribution >= 0.6 is 11.8 Å². The third-order valence-corrected chi connectivity index (χ3v) is 2.07. The number of hydrogen-bond donors (Lipinski definition) is 1. The van der Waals surface area contributed by atoms with Gasteiger partial charge >= 0.3 is 0 Å². The number of thioether (sulfide) groups is 1. The summed E-state index contributed by atoms with van der Waals surface area (Å²) in [6.45, 7) is 2.08. The molecule has 0 radical (unpaired) electrons. The van der Waals surface area contributed by atoms with Gasteiger partial charge in [-0.25, -0.2) is 4.98 Å². The molecule has 1 aromatic rings. The molecule has 0 amide bonds. The monoisotopic (exact) mass is 157 g/mol. The number of nitrogens with two attached hydrogens (primary N) is 1. The fraction of sp³-hybridized carbons (Fsp3) is 0.500. The molecule has 0 aromatic carbocycles. The molecule has 0 bridgehead atoms. The van der Waals surface area contributed by atoms with Crippen molar-refractivity contribution in [2.75, 3.05) is 5.75 Å². The second-order valence-corrected chi connectivity index (χ2v) is 3.25. The predicted octanol–water partition coefficient (Wildman–Crippen LogP) is 1.05. The van der Waals surface area contributed by atoms with Gasteiger partial charge in [0.2, 0.25) is 0 Å². The molecule has 1 unspecified atom stereocenters. The molecule has 0 saturated heterocycles. The summed E-state index contributed by atoms with van der Waals surface area (Å²) in [6, 6.07) is 0. The van der Waals surface area contributed by atoms with Crippen molar-refractivity contribution in [2.45, 2.75) is 12.4 Å². The highest BCUT2D eigenvalue weighted by Gasteiger charge is 2.00. The van der Waals surface area contributed by atoms with Crippen molar-refractivity contribution < 1.29 is 0 Å². The maximum absolute atomic E-state index is 5.74. The van der Waals surface area contributed by atoms with Crippen molar-refractivity contribution in [3.05, 3.63) is 18.7 Å². The third-order valence-electron chi connectivity index (χ3n) is 1.16. The smallest absolute Gasteiger partial charge is 0.130 e. The molecule has 10 heavy (non-hydrogen) atoms. The SMILES string of the molecule is CCSC(N)n1ccnc1. The Morgan fingerprint density at radius 1 is 1.80 bits per heavy atom. The van der Waals surface area contributed by atoms with Crippen LogP contribution in [-0.2, 0) is 0 Å². The summed E-state index contributed by atoms with van der Waals surface area (Å²) in [5.41, 5.74) is 5.76. The van der Waals surface area contributed by atoms with E-state index in [9.17, 15) is 0 Å². The van der Waals surface area contributed by atoms with Crippen LogP contribution < -0.4 is 5.73 Å². The number of hydrogen-bond acceptors (Lipinski definition) is 3. The highest BCUT2D eigenvalue weighted by Crippen LogP contribution is 2.14. The molecule has 1 atom stereocenters. The molecular weight excluding hydrogens is 146 g/mol. The van der Waals surface area contributed by atoms with Crippen molar-refractivity contribution in [1.29, 1.82) is 0 Å². The number of imidazole rings is 1. The van der Waals surface area contributed by atoms with Crippen molar-refractivity contribution in [1.82, 2.24) is 9.55 Å². The van der Waals surface area contributed by atoms with E-state index < -0.39 is 0 Å². The van der Waals surface area contributed by atoms with E-state index in [4.69, 9.17) is 5.73 Å². The topological polar surface area (TPSA) is 43.8 Å². The van der Waals surface area contributed by atoms with Crippen LogP contribution in [0, 0.1) is 0 Å². The predicted molar refractivity (Wildman–Crippen MR) is 43.6 cm³/mol. The summed E-state index contributed by atoms with van der Waals surface area (Å²) < 4.78 is 1.88. The third kappa shape index (κ3) is 1.75. The van der Waals surface area contributed by atoms with Crippen LogP contribution in [-0.4, -0.2) is 15.3 Å². The highest BCUT2D eigenvalue weighted by molar-refractivity contribution is 7.99. The normalized spacial score (nSPS) is 13.4. The Labute approximate surface area is 64.6 Å². The van der Waals surface area contributed by atoms with Crippen LogP contribution in [0.25, 0.3) is 0 Å². The van der Waals surface area contributed by atoms with Gasteiger partial charge in [-0.1, -0.05) is 6.92 Å². The molecule has 2 N–H and O–H groups in total. The molecular formula is C6H11N3S. The largest absolute Gasteiger partial charge is 0.312 e. The molecule has 0 aliphatic carbocycles. The Hall–Kier alpha value is -0.480. The zero-order chi connectivity index (χ0) is 7.40. The minimum absolute atomic E-state index is 0.0208. The molecule has 0 spiro atoms. The number of nitrogens with zero attached hydrogens (tertiary/aromatic N) is 2. The Balaban J connectivity index is 2.50. The zero-order valence-corrected chi connectivity index (χ0v) is 6.71. The van der Waals surface area contributed by atoms with Crippen LogP contribution in [0.1, 0.15) is 12.4 Å². The maximum Gasteiger partial charge on any atom is 0.130 e. The molecule has 1 aromatic heterocycles. The fourth-order valence-electron chi connectivity index (χ4n) is 0.677. The summed E-state index contributed by atoms with van der Waals surface area (Å²) in [6.07, 6.45) is 5.33. The van der Waals surface area contributed by atoms with Crippen LogP contribution in [0.4, 0.5) is 0 Å². The molecule has 0 aliphatic heterocycles. The van der Waals surface area contributed by atoms with E-state index in [1.54, 1.807) is 24.3 Å². The van der Waals surface area contributed by atoms with Gasteiger partial charge in [-0.3, -0.25) is 0 Å². The Bertz CT molecular complexity index is 173. The lowest BCUT2D eigenvalue weighted by Crippen LogP contribution is -2.13. The van der Waals surface area contributed by atoms with E-state index in [1.807, 2.05) is 10.8 Å². The molecule has 3 nitrogen and oxygen atoms in total. The molecule has 56 valence electrons. The average Bonchev–Trinajstić information content (AvgIpc) is 2.38. The average molecular weight is 157 g/mol. The first-order valence-electron chi connectivity index (χ1n) is 3.19. The van der Waals surface area contributed by atoms with Gasteiger partial charge in [-0.2, -0.15) is 0 Å². The van der Waals surface area contributed by atoms with E-state index >= 15 is 0 Å². The van der Waals surface area contributed by atoms with Crippen LogP contribution in [0.5, 0.6) is 0 Å². The first-order chi connectivity index (χ1) is 4.84. The van der Waals surface area contributed by atoms with E-state index in [0.717, 1.165) is 5.75 Å². The van der Waals surface area contributed by atoms with Gasteiger partial charge < -0.3 is 10.3 Å². The van der Waals surface area contributed by atoms with Crippen molar-refractivity contribution in [3.8, 4) is 0 Å². The summed E-state index contributed by atoms with van der Waals surface area (Å²) in [7, 11) is 0. The van der Waals surface area contributed by atoms with Gasteiger partial charge in [0.05, 0.1) is 6.33 Å². The first-order valence-corrected chi connectivity index (χ1v) is 4.24. The maximum atomic E-state index is 5.74. The highest BCUT2D eigenvalue weighted by atomic mass is 32.2. The molecule has 0 saturated carbocycles. The number of rotatable bonds is 3. The summed E-state index contributed by atoms with van der Waals surface area (Å²) in [5.74, 6) is 1.03. The van der Waals surface area contributed by atoms with Gasteiger partial charge in [-0.15, -0.1) is 11.8 Å². The minimum Gasteiger partial charge on any atom is -0.312 e. The zero-order valence-electron chi connectivity index (χ0n) is 5.90. The van der Waals surface area contributed by atoms with E-state index in [-0.39, 0.29) is 5.50 Å². The van der Waals surface area contributed by atoms with Crippen LogP contribution in [0.15, 0.2) is 18.7 Å². The lowest BCUT2D eigenvalue weighted by molar-refractivity contribution is 0.709. The molecule has 1 heterocycles. The first kappa shape index (κ1) is 7.63. The molecule has 1 rings (SSSR count). The second-order valence-electron chi connectivity index (χ2n) is 1.86. The van der Waals surface area contributed by atoms with Gasteiger partial charge in [0.1, 0.15) is 5.50 Å². The Kier molecular flexibility index (Phi) is 2.77. The lowest BCUT2D eigenvalue weighted by Gasteiger charge is -2.09. The number of aromatic nitrogens is 2. The van der Waals surface area contributed by atoms with Crippen molar-refractivity contribution in [2.24, 2.45) is 5.73 Å². The quantitative estimate of drug-likeness (QED) is 0.667. The van der Waals surface area contributed by atoms with Crippen LogP contribution in [0.2, 0.25) is 0 Å². The van der Waals surface area contributed by atoms with Crippen molar-refractivity contribution in [3.63, 3.8) is 0 Å². The van der Waals surface area contributed by atoms with Crippen molar-refractivity contribution >= 4 is 11.8 Å². The fourth-order valence-corrected chi connectivity index (χ4v) is 1.32. The summed E-state index contributed by atoms with van der Waals surface area (Å²) >= 11 is 1.69. The summed E-state index contributed by atoms with van der Waals surface area (Å²) in [5, 5.41) is 0. The van der Waals surface area contributed by atoms with Gasteiger partial charge in [0.15, 0.2) is 0 Å². The Morgan fingerprint density at radius 2 is 2.60 bits per heavy atom. The van der Waals surface area contributed by atoms with Crippen LogP contribution in [0.3, 0.4) is 0 Å². The van der Waals surface area contributed by atoms with Gasteiger partial charge in [0.25, 0.3) is 0 Å². The second kappa shape index (κ2) is 3.63. The van der Waals surface area contributed by atoms with Gasteiger partial charge in [-0.05, 0) is 5.75 Å². The molecule has 0 fully saturated rings.